The fourth-order valence-electron chi connectivity index (χ4n) is 2.90. The van der Waals surface area contributed by atoms with E-state index >= 15 is 0 Å². The number of nitrogens with zero attached hydrogens (tertiary/aromatic N) is 1. The third kappa shape index (κ3) is 4.52. The SMILES string of the molecule is CC(C)c1cccc(NC(N)=NCCc2cc(F)cc3c2OCOC3)c1. The quantitative estimate of drug-likeness (QED) is 0.631. The summed E-state index contributed by atoms with van der Waals surface area (Å²) >= 11 is 0. The predicted molar refractivity (Wildman–Crippen MR) is 101 cm³/mol. The summed E-state index contributed by atoms with van der Waals surface area (Å²) in [7, 11) is 0. The number of nitrogens with two attached hydrogens (primary N) is 1. The molecule has 0 amide bonds. The molecule has 0 saturated heterocycles. The zero-order valence-electron chi connectivity index (χ0n) is 15.1. The molecule has 0 bridgehead atoms. The minimum atomic E-state index is -0.298. The number of benzene rings is 2. The third-order valence-electron chi connectivity index (χ3n) is 4.24. The number of guanidine groups is 1. The van der Waals surface area contributed by atoms with Crippen LogP contribution in [0, 0.1) is 5.82 Å². The van der Waals surface area contributed by atoms with Crippen LogP contribution in [0.5, 0.6) is 5.75 Å². The summed E-state index contributed by atoms with van der Waals surface area (Å²) in [5, 5.41) is 3.10. The van der Waals surface area contributed by atoms with E-state index in [4.69, 9.17) is 15.2 Å². The molecule has 0 aliphatic carbocycles. The van der Waals surface area contributed by atoms with Gasteiger partial charge in [0.1, 0.15) is 11.6 Å². The van der Waals surface area contributed by atoms with Gasteiger partial charge in [0.05, 0.1) is 6.61 Å². The van der Waals surface area contributed by atoms with Gasteiger partial charge in [0, 0.05) is 17.8 Å². The number of ether oxygens (including phenoxy) is 2. The molecular formula is C20H24FN3O2. The summed E-state index contributed by atoms with van der Waals surface area (Å²) in [6.07, 6.45) is 0.536. The number of halogens is 1. The highest BCUT2D eigenvalue weighted by Crippen LogP contribution is 2.29. The van der Waals surface area contributed by atoms with E-state index in [1.54, 1.807) is 0 Å². The van der Waals surface area contributed by atoms with Crippen LogP contribution in [0.2, 0.25) is 0 Å². The van der Waals surface area contributed by atoms with Gasteiger partial charge in [-0.25, -0.2) is 4.39 Å². The maximum absolute atomic E-state index is 13.7. The summed E-state index contributed by atoms with van der Waals surface area (Å²) in [6, 6.07) is 11.0. The van der Waals surface area contributed by atoms with Gasteiger partial charge in [0.15, 0.2) is 12.8 Å². The lowest BCUT2D eigenvalue weighted by atomic mass is 10.0. The van der Waals surface area contributed by atoms with Crippen molar-refractivity contribution in [2.24, 2.45) is 10.7 Å². The normalized spacial score (nSPS) is 14.1. The van der Waals surface area contributed by atoms with Gasteiger partial charge in [-0.15, -0.1) is 0 Å². The second kappa shape index (κ2) is 8.19. The van der Waals surface area contributed by atoms with Crippen molar-refractivity contribution in [3.63, 3.8) is 0 Å². The maximum atomic E-state index is 13.7. The molecule has 1 aliphatic heterocycles. The Morgan fingerprint density at radius 3 is 2.96 bits per heavy atom. The Morgan fingerprint density at radius 2 is 2.15 bits per heavy atom. The van der Waals surface area contributed by atoms with Gasteiger partial charge in [-0.1, -0.05) is 26.0 Å². The van der Waals surface area contributed by atoms with Crippen LogP contribution in [0.4, 0.5) is 10.1 Å². The van der Waals surface area contributed by atoms with Crippen molar-refractivity contribution in [3.8, 4) is 5.75 Å². The van der Waals surface area contributed by atoms with E-state index in [1.807, 2.05) is 12.1 Å². The first-order valence-corrected chi connectivity index (χ1v) is 8.71. The molecular weight excluding hydrogens is 333 g/mol. The van der Waals surface area contributed by atoms with Gasteiger partial charge >= 0.3 is 0 Å². The molecule has 2 aromatic rings. The third-order valence-corrected chi connectivity index (χ3v) is 4.24. The molecule has 2 aromatic carbocycles. The Balaban J connectivity index is 1.64. The van der Waals surface area contributed by atoms with E-state index in [2.05, 4.69) is 36.3 Å². The Morgan fingerprint density at radius 1 is 1.31 bits per heavy atom. The molecule has 0 fully saturated rings. The van der Waals surface area contributed by atoms with Crippen LogP contribution in [0.25, 0.3) is 0 Å². The summed E-state index contributed by atoms with van der Waals surface area (Å²) in [6.45, 7) is 5.26. The second-order valence-corrected chi connectivity index (χ2v) is 6.59. The zero-order valence-corrected chi connectivity index (χ0v) is 15.1. The average Bonchev–Trinajstić information content (AvgIpc) is 2.61. The van der Waals surface area contributed by atoms with Gasteiger partial charge in [-0.2, -0.15) is 0 Å². The highest BCUT2D eigenvalue weighted by atomic mass is 19.1. The molecule has 26 heavy (non-hydrogen) atoms. The fourth-order valence-corrected chi connectivity index (χ4v) is 2.90. The molecule has 1 heterocycles. The Labute approximate surface area is 153 Å². The molecule has 138 valence electrons. The molecule has 0 spiro atoms. The summed E-state index contributed by atoms with van der Waals surface area (Å²) < 4.78 is 24.5. The van der Waals surface area contributed by atoms with Crippen molar-refractivity contribution >= 4 is 11.6 Å². The van der Waals surface area contributed by atoms with Gasteiger partial charge in [0.2, 0.25) is 0 Å². The van der Waals surface area contributed by atoms with E-state index in [1.165, 1.54) is 17.7 Å². The monoisotopic (exact) mass is 357 g/mol. The highest BCUT2D eigenvalue weighted by Gasteiger charge is 2.16. The van der Waals surface area contributed by atoms with Crippen molar-refractivity contribution in [2.45, 2.75) is 32.8 Å². The lowest BCUT2D eigenvalue weighted by Crippen LogP contribution is -2.23. The first-order valence-electron chi connectivity index (χ1n) is 8.71. The molecule has 0 atom stereocenters. The number of hydrogen-bond donors (Lipinski definition) is 2. The second-order valence-electron chi connectivity index (χ2n) is 6.59. The fraction of sp³-hybridized carbons (Fsp3) is 0.350. The summed E-state index contributed by atoms with van der Waals surface area (Å²) in [5.41, 5.74) is 9.62. The van der Waals surface area contributed by atoms with Gasteiger partial charge < -0.3 is 20.5 Å². The van der Waals surface area contributed by atoms with Gasteiger partial charge in [-0.3, -0.25) is 4.99 Å². The Kier molecular flexibility index (Phi) is 5.73. The Hall–Kier alpha value is -2.60. The minimum Gasteiger partial charge on any atom is -0.467 e. The number of hydrogen-bond acceptors (Lipinski definition) is 3. The topological polar surface area (TPSA) is 68.9 Å². The van der Waals surface area contributed by atoms with E-state index in [0.717, 1.165) is 16.8 Å². The number of aliphatic imine (C=N–C) groups is 1. The number of rotatable bonds is 5. The summed E-state index contributed by atoms with van der Waals surface area (Å²) in [5.74, 6) is 1.18. The van der Waals surface area contributed by atoms with Crippen LogP contribution < -0.4 is 15.8 Å². The molecule has 5 nitrogen and oxygen atoms in total. The average molecular weight is 357 g/mol. The highest BCUT2D eigenvalue weighted by molar-refractivity contribution is 5.92. The first-order chi connectivity index (χ1) is 12.5. The molecule has 0 radical (unpaired) electrons. The van der Waals surface area contributed by atoms with Crippen molar-refractivity contribution in [2.75, 3.05) is 18.7 Å². The molecule has 0 aromatic heterocycles. The van der Waals surface area contributed by atoms with Gasteiger partial charge in [0.25, 0.3) is 0 Å². The van der Waals surface area contributed by atoms with Crippen molar-refractivity contribution < 1.29 is 13.9 Å². The molecule has 3 rings (SSSR count). The smallest absolute Gasteiger partial charge is 0.193 e. The molecule has 0 saturated carbocycles. The molecule has 1 aliphatic rings. The largest absolute Gasteiger partial charge is 0.467 e. The van der Waals surface area contributed by atoms with Crippen molar-refractivity contribution in [1.82, 2.24) is 0 Å². The molecule has 0 unspecified atom stereocenters. The minimum absolute atomic E-state index is 0.185. The Bertz CT molecular complexity index is 806. The standard InChI is InChI=1S/C20H24FN3O2/c1-13(2)14-4-3-5-18(10-14)24-20(22)23-7-6-15-8-17(21)9-16-11-25-12-26-19(15)16/h3-5,8-10,13H,6-7,11-12H2,1-2H3,(H3,22,23,24). The summed E-state index contributed by atoms with van der Waals surface area (Å²) in [4.78, 5) is 4.34. The van der Waals surface area contributed by atoms with E-state index in [-0.39, 0.29) is 12.6 Å². The maximum Gasteiger partial charge on any atom is 0.193 e. The van der Waals surface area contributed by atoms with Crippen molar-refractivity contribution in [1.29, 1.82) is 0 Å². The van der Waals surface area contributed by atoms with Crippen LogP contribution in [-0.4, -0.2) is 19.3 Å². The van der Waals surface area contributed by atoms with Crippen LogP contribution in [0.15, 0.2) is 41.4 Å². The predicted octanol–water partition coefficient (Wildman–Crippen LogP) is 3.78. The van der Waals surface area contributed by atoms with Crippen LogP contribution >= 0.6 is 0 Å². The number of anilines is 1. The lowest BCUT2D eigenvalue weighted by molar-refractivity contribution is -0.0172. The first kappa shape index (κ1) is 18.2. The molecule has 6 heteroatoms. The van der Waals surface area contributed by atoms with E-state index in [0.29, 0.717) is 37.2 Å². The number of nitrogens with one attached hydrogen (secondary N) is 1. The van der Waals surface area contributed by atoms with Crippen LogP contribution in [-0.2, 0) is 17.8 Å². The van der Waals surface area contributed by atoms with Crippen LogP contribution in [0.3, 0.4) is 0 Å². The van der Waals surface area contributed by atoms with Crippen molar-refractivity contribution in [3.05, 3.63) is 58.9 Å². The van der Waals surface area contributed by atoms with Crippen LogP contribution in [0.1, 0.15) is 36.5 Å². The van der Waals surface area contributed by atoms with E-state index in [9.17, 15) is 4.39 Å². The zero-order chi connectivity index (χ0) is 18.5. The van der Waals surface area contributed by atoms with Gasteiger partial charge in [-0.05, 0) is 47.7 Å². The molecule has 3 N–H and O–H groups in total. The number of fused-ring (bicyclic) bond motifs is 1. The lowest BCUT2D eigenvalue weighted by Gasteiger charge is -2.20. The van der Waals surface area contributed by atoms with E-state index < -0.39 is 0 Å².